The van der Waals surface area contributed by atoms with Crippen molar-refractivity contribution in [2.24, 2.45) is 0 Å². The molecule has 3 rings (SSSR count). The molecule has 148 valence electrons. The standard InChI is InChI=1S/C22H25NO5/c1-21(2,3)28-20(25)22(4,23-19(24)16-8-6-5-7-9-16)13-15-10-11-17-18(12-15)27-14-26-17/h5-12H,13-14H2,1-4H3,(H,23,24)/t22-/m1/s1. The number of hydrogen-bond donors (Lipinski definition) is 1. The number of nitrogens with one attached hydrogen (secondary N) is 1. The number of carbonyl (C=O) groups is 2. The van der Waals surface area contributed by atoms with Gasteiger partial charge >= 0.3 is 5.97 Å². The maximum atomic E-state index is 13.0. The largest absolute Gasteiger partial charge is 0.458 e. The Morgan fingerprint density at radius 1 is 1.00 bits per heavy atom. The highest BCUT2D eigenvalue weighted by Gasteiger charge is 2.39. The fourth-order valence-corrected chi connectivity index (χ4v) is 2.93. The van der Waals surface area contributed by atoms with E-state index in [9.17, 15) is 9.59 Å². The van der Waals surface area contributed by atoms with E-state index in [0.29, 0.717) is 17.1 Å². The van der Waals surface area contributed by atoms with Crippen LogP contribution in [0.3, 0.4) is 0 Å². The minimum atomic E-state index is -1.26. The van der Waals surface area contributed by atoms with Gasteiger partial charge in [0.1, 0.15) is 11.1 Å². The molecule has 0 fully saturated rings. The zero-order valence-corrected chi connectivity index (χ0v) is 16.6. The van der Waals surface area contributed by atoms with Gasteiger partial charge in [0.15, 0.2) is 11.5 Å². The van der Waals surface area contributed by atoms with Gasteiger partial charge in [-0.2, -0.15) is 0 Å². The lowest BCUT2D eigenvalue weighted by atomic mass is 9.91. The number of hydrogen-bond acceptors (Lipinski definition) is 5. The highest BCUT2D eigenvalue weighted by Crippen LogP contribution is 2.33. The van der Waals surface area contributed by atoms with E-state index in [4.69, 9.17) is 14.2 Å². The summed E-state index contributed by atoms with van der Waals surface area (Å²) in [4.78, 5) is 25.7. The Morgan fingerprint density at radius 2 is 1.68 bits per heavy atom. The van der Waals surface area contributed by atoms with Gasteiger partial charge in [0.2, 0.25) is 6.79 Å². The van der Waals surface area contributed by atoms with Crippen LogP contribution in [0.5, 0.6) is 11.5 Å². The van der Waals surface area contributed by atoms with Crippen molar-refractivity contribution in [2.45, 2.75) is 45.3 Å². The van der Waals surface area contributed by atoms with Crippen molar-refractivity contribution in [1.29, 1.82) is 0 Å². The molecule has 1 aliphatic heterocycles. The molecule has 0 aliphatic carbocycles. The molecular weight excluding hydrogens is 358 g/mol. The molecule has 2 aromatic rings. The van der Waals surface area contributed by atoms with Crippen molar-refractivity contribution in [3.63, 3.8) is 0 Å². The topological polar surface area (TPSA) is 73.9 Å². The van der Waals surface area contributed by atoms with E-state index >= 15 is 0 Å². The highest BCUT2D eigenvalue weighted by atomic mass is 16.7. The minimum Gasteiger partial charge on any atom is -0.458 e. The van der Waals surface area contributed by atoms with Gasteiger partial charge in [-0.1, -0.05) is 24.3 Å². The molecule has 2 aromatic carbocycles. The first kappa shape index (κ1) is 19.7. The summed E-state index contributed by atoms with van der Waals surface area (Å²) in [6.07, 6.45) is 0.247. The third-order valence-electron chi connectivity index (χ3n) is 4.27. The van der Waals surface area contributed by atoms with Gasteiger partial charge in [-0.25, -0.2) is 4.79 Å². The van der Waals surface area contributed by atoms with Crippen molar-refractivity contribution >= 4 is 11.9 Å². The van der Waals surface area contributed by atoms with Crippen LogP contribution >= 0.6 is 0 Å². The molecule has 0 aromatic heterocycles. The summed E-state index contributed by atoms with van der Waals surface area (Å²) >= 11 is 0. The van der Waals surface area contributed by atoms with E-state index < -0.39 is 17.1 Å². The second kappa shape index (κ2) is 7.54. The smallest absolute Gasteiger partial charge is 0.332 e. The predicted molar refractivity (Wildman–Crippen MR) is 104 cm³/mol. The van der Waals surface area contributed by atoms with Crippen LogP contribution in [0.1, 0.15) is 43.6 Å². The van der Waals surface area contributed by atoms with Crippen LogP contribution in [0.4, 0.5) is 0 Å². The molecule has 28 heavy (non-hydrogen) atoms. The van der Waals surface area contributed by atoms with Crippen LogP contribution in [-0.4, -0.2) is 29.8 Å². The molecule has 0 spiro atoms. The Kier molecular flexibility index (Phi) is 5.31. The van der Waals surface area contributed by atoms with Crippen molar-refractivity contribution in [1.82, 2.24) is 5.32 Å². The molecule has 6 heteroatoms. The number of esters is 1. The molecule has 0 unspecified atom stereocenters. The molecule has 1 amide bonds. The molecule has 1 aliphatic rings. The highest BCUT2D eigenvalue weighted by molar-refractivity contribution is 5.98. The minimum absolute atomic E-state index is 0.173. The second-order valence-corrected chi connectivity index (χ2v) is 8.02. The van der Waals surface area contributed by atoms with E-state index in [1.807, 2.05) is 18.2 Å². The van der Waals surface area contributed by atoms with Crippen LogP contribution in [0, 0.1) is 0 Å². The van der Waals surface area contributed by atoms with E-state index in [0.717, 1.165) is 5.56 Å². The molecule has 0 saturated carbocycles. The number of fused-ring (bicyclic) bond motifs is 1. The van der Waals surface area contributed by atoms with Gasteiger partial charge in [-0.15, -0.1) is 0 Å². The summed E-state index contributed by atoms with van der Waals surface area (Å²) in [6.45, 7) is 7.24. The molecule has 0 radical (unpaired) electrons. The maximum absolute atomic E-state index is 13.0. The van der Waals surface area contributed by atoms with Gasteiger partial charge in [-0.05, 0) is 57.5 Å². The lowest BCUT2D eigenvalue weighted by Crippen LogP contribution is -2.56. The third kappa shape index (κ3) is 4.63. The lowest BCUT2D eigenvalue weighted by Gasteiger charge is -2.32. The van der Waals surface area contributed by atoms with E-state index in [2.05, 4.69) is 5.32 Å². The number of amides is 1. The number of rotatable bonds is 5. The summed E-state index contributed by atoms with van der Waals surface area (Å²) in [7, 11) is 0. The van der Waals surface area contributed by atoms with Crippen molar-refractivity contribution in [3.05, 3.63) is 59.7 Å². The first-order valence-corrected chi connectivity index (χ1v) is 9.16. The average molecular weight is 383 g/mol. The maximum Gasteiger partial charge on any atom is 0.332 e. The van der Waals surface area contributed by atoms with Crippen LogP contribution < -0.4 is 14.8 Å². The summed E-state index contributed by atoms with van der Waals surface area (Å²) in [5.74, 6) is 0.450. The van der Waals surface area contributed by atoms with Crippen molar-refractivity contribution in [2.75, 3.05) is 6.79 Å². The number of ether oxygens (including phenoxy) is 3. The van der Waals surface area contributed by atoms with Crippen molar-refractivity contribution in [3.8, 4) is 11.5 Å². The molecule has 1 heterocycles. The Hall–Kier alpha value is -3.02. The van der Waals surface area contributed by atoms with Crippen LogP contribution in [-0.2, 0) is 16.0 Å². The normalized spacial score (nSPS) is 14.9. The van der Waals surface area contributed by atoms with Crippen LogP contribution in [0.25, 0.3) is 0 Å². The first-order chi connectivity index (χ1) is 13.2. The van der Waals surface area contributed by atoms with Gasteiger partial charge in [0.25, 0.3) is 5.91 Å². The van der Waals surface area contributed by atoms with Gasteiger partial charge in [-0.3, -0.25) is 4.79 Å². The molecule has 6 nitrogen and oxygen atoms in total. The fraction of sp³-hybridized carbons (Fsp3) is 0.364. The van der Waals surface area contributed by atoms with E-state index in [1.54, 1.807) is 58.0 Å². The summed E-state index contributed by atoms with van der Waals surface area (Å²) in [5, 5.41) is 2.86. The van der Waals surface area contributed by atoms with Gasteiger partial charge < -0.3 is 19.5 Å². The molecule has 1 atom stereocenters. The zero-order valence-electron chi connectivity index (χ0n) is 16.6. The second-order valence-electron chi connectivity index (χ2n) is 8.02. The Balaban J connectivity index is 1.87. The monoisotopic (exact) mass is 383 g/mol. The predicted octanol–water partition coefficient (Wildman–Crippen LogP) is 3.49. The van der Waals surface area contributed by atoms with Gasteiger partial charge in [0, 0.05) is 12.0 Å². The summed E-state index contributed by atoms with van der Waals surface area (Å²) in [5.41, 5.74) is -0.632. The summed E-state index contributed by atoms with van der Waals surface area (Å²) < 4.78 is 16.3. The molecule has 0 bridgehead atoms. The molecule has 0 saturated heterocycles. The first-order valence-electron chi connectivity index (χ1n) is 9.16. The van der Waals surface area contributed by atoms with E-state index in [-0.39, 0.29) is 19.1 Å². The van der Waals surface area contributed by atoms with Gasteiger partial charge in [0.05, 0.1) is 0 Å². The van der Waals surface area contributed by atoms with E-state index in [1.165, 1.54) is 0 Å². The Bertz CT molecular complexity index is 872. The van der Waals surface area contributed by atoms with Crippen molar-refractivity contribution < 1.29 is 23.8 Å². The molecule has 1 N–H and O–H groups in total. The number of carbonyl (C=O) groups excluding carboxylic acids is 2. The third-order valence-corrected chi connectivity index (χ3v) is 4.27. The SMILES string of the molecule is CC(C)(C)OC(=O)[C@@](C)(Cc1ccc2c(c1)OCO2)NC(=O)c1ccccc1. The summed E-state index contributed by atoms with van der Waals surface area (Å²) in [6, 6.07) is 14.2. The Morgan fingerprint density at radius 3 is 2.36 bits per heavy atom. The quantitative estimate of drug-likeness (QED) is 0.800. The van der Waals surface area contributed by atoms with Crippen LogP contribution in [0.15, 0.2) is 48.5 Å². The molecular formula is C22H25NO5. The fourth-order valence-electron chi connectivity index (χ4n) is 2.93. The Labute approximate surface area is 164 Å². The average Bonchev–Trinajstić information content (AvgIpc) is 3.08. The lowest BCUT2D eigenvalue weighted by molar-refractivity contribution is -0.162. The zero-order chi connectivity index (χ0) is 20.4. The van der Waals surface area contributed by atoms with Crippen LogP contribution in [0.2, 0.25) is 0 Å². The number of benzene rings is 2.